The third-order valence-corrected chi connectivity index (χ3v) is 4.96. The van der Waals surface area contributed by atoms with E-state index in [1.54, 1.807) is 18.4 Å². The fourth-order valence-electron chi connectivity index (χ4n) is 2.12. The van der Waals surface area contributed by atoms with Crippen molar-refractivity contribution in [2.45, 2.75) is 12.1 Å². The van der Waals surface area contributed by atoms with Crippen molar-refractivity contribution in [2.24, 2.45) is 0 Å². The third-order valence-electron chi connectivity index (χ3n) is 3.26. The quantitative estimate of drug-likeness (QED) is 0.488. The van der Waals surface area contributed by atoms with Crippen molar-refractivity contribution < 1.29 is 23.1 Å². The number of halogens is 2. The fourth-order valence-corrected chi connectivity index (χ4v) is 3.60. The zero-order valence-electron chi connectivity index (χ0n) is 13.5. The van der Waals surface area contributed by atoms with Gasteiger partial charge in [0.05, 0.1) is 29.0 Å². The molecule has 26 heavy (non-hydrogen) atoms. The number of nitrogens with one attached hydrogen (secondary N) is 2. The van der Waals surface area contributed by atoms with E-state index in [-0.39, 0.29) is 23.8 Å². The van der Waals surface area contributed by atoms with Gasteiger partial charge in [0.25, 0.3) is 0 Å². The summed E-state index contributed by atoms with van der Waals surface area (Å²) in [4.78, 5) is 30.8. The topological polar surface area (TPSA) is 84.1 Å². The summed E-state index contributed by atoms with van der Waals surface area (Å²) in [5, 5.41) is 5.09. The minimum absolute atomic E-state index is 0.00491. The molecule has 0 radical (unpaired) electrons. The summed E-state index contributed by atoms with van der Waals surface area (Å²) in [6.07, 6.45) is 0. The molecule has 0 aliphatic rings. The van der Waals surface area contributed by atoms with Crippen LogP contribution in [0.1, 0.15) is 17.3 Å². The monoisotopic (exact) mass is 397 g/mol. The molecule has 6 nitrogen and oxygen atoms in total. The number of anilines is 1. The maximum Gasteiger partial charge on any atom is 0.341 e. The Kier molecular flexibility index (Phi) is 5.52. The predicted octanol–water partition coefficient (Wildman–Crippen LogP) is 3.81. The maximum absolute atomic E-state index is 13.2. The average molecular weight is 397 g/mol. The Morgan fingerprint density at radius 2 is 2.12 bits per heavy atom. The van der Waals surface area contributed by atoms with Crippen LogP contribution < -0.4 is 5.32 Å². The number of aromatic amines is 1. The molecule has 2 aromatic heterocycles. The molecular formula is C16H13F2N3O3S2. The van der Waals surface area contributed by atoms with Crippen LogP contribution in [-0.4, -0.2) is 34.2 Å². The summed E-state index contributed by atoms with van der Waals surface area (Å²) in [5.41, 5.74) is 0.911. The van der Waals surface area contributed by atoms with Gasteiger partial charge in [-0.2, -0.15) is 0 Å². The van der Waals surface area contributed by atoms with E-state index in [4.69, 9.17) is 4.74 Å². The summed E-state index contributed by atoms with van der Waals surface area (Å²) < 4.78 is 31.3. The van der Waals surface area contributed by atoms with Crippen molar-refractivity contribution in [3.8, 4) is 0 Å². The van der Waals surface area contributed by atoms with Gasteiger partial charge in [-0.05, 0) is 18.4 Å². The molecule has 0 bridgehead atoms. The van der Waals surface area contributed by atoms with Gasteiger partial charge in [0.1, 0.15) is 5.00 Å². The van der Waals surface area contributed by atoms with Crippen molar-refractivity contribution in [1.82, 2.24) is 9.97 Å². The number of hydrogen-bond acceptors (Lipinski definition) is 6. The highest BCUT2D eigenvalue weighted by atomic mass is 32.2. The van der Waals surface area contributed by atoms with Gasteiger partial charge in [-0.1, -0.05) is 11.8 Å². The molecule has 0 saturated carbocycles. The lowest BCUT2D eigenvalue weighted by atomic mass is 10.3. The number of carbonyl (C=O) groups is 2. The Balaban J connectivity index is 1.63. The minimum Gasteiger partial charge on any atom is -0.462 e. The normalized spacial score (nSPS) is 10.9. The Bertz CT molecular complexity index is 932. The first-order valence-corrected chi connectivity index (χ1v) is 9.36. The van der Waals surface area contributed by atoms with Crippen LogP contribution >= 0.6 is 23.1 Å². The van der Waals surface area contributed by atoms with Crippen molar-refractivity contribution in [2.75, 3.05) is 17.7 Å². The first kappa shape index (κ1) is 18.3. The van der Waals surface area contributed by atoms with Crippen molar-refractivity contribution in [3.05, 3.63) is 40.8 Å². The van der Waals surface area contributed by atoms with E-state index in [1.807, 2.05) is 0 Å². The lowest BCUT2D eigenvalue weighted by Crippen LogP contribution is -2.16. The second kappa shape index (κ2) is 7.83. The van der Waals surface area contributed by atoms with Gasteiger partial charge in [0.15, 0.2) is 16.8 Å². The smallest absolute Gasteiger partial charge is 0.341 e. The highest BCUT2D eigenvalue weighted by Crippen LogP contribution is 2.25. The second-order valence-electron chi connectivity index (χ2n) is 5.05. The van der Waals surface area contributed by atoms with Gasteiger partial charge >= 0.3 is 5.97 Å². The zero-order chi connectivity index (χ0) is 18.7. The number of amides is 1. The number of rotatable bonds is 6. The highest BCUT2D eigenvalue weighted by molar-refractivity contribution is 7.99. The summed E-state index contributed by atoms with van der Waals surface area (Å²) in [5.74, 6) is -2.80. The molecule has 2 N–H and O–H groups in total. The van der Waals surface area contributed by atoms with Gasteiger partial charge < -0.3 is 15.0 Å². The molecule has 3 aromatic rings. The Hall–Kier alpha value is -2.46. The number of fused-ring (bicyclic) bond motifs is 1. The first-order valence-electron chi connectivity index (χ1n) is 7.50. The third kappa shape index (κ3) is 4.02. The van der Waals surface area contributed by atoms with E-state index in [2.05, 4.69) is 15.3 Å². The molecule has 10 heteroatoms. The molecule has 3 rings (SSSR count). The van der Waals surface area contributed by atoms with Crippen LogP contribution in [0.4, 0.5) is 13.8 Å². The molecule has 0 aliphatic heterocycles. The van der Waals surface area contributed by atoms with Crippen LogP contribution in [0.25, 0.3) is 11.0 Å². The van der Waals surface area contributed by atoms with Gasteiger partial charge in [0, 0.05) is 12.1 Å². The number of H-pyrrole nitrogens is 1. The number of nitrogens with zero attached hydrogens (tertiary/aromatic N) is 1. The first-order chi connectivity index (χ1) is 12.5. The van der Waals surface area contributed by atoms with Crippen LogP contribution in [0.15, 0.2) is 28.7 Å². The van der Waals surface area contributed by atoms with E-state index < -0.39 is 17.6 Å². The van der Waals surface area contributed by atoms with E-state index in [9.17, 15) is 18.4 Å². The largest absolute Gasteiger partial charge is 0.462 e. The van der Waals surface area contributed by atoms with E-state index in [0.717, 1.165) is 23.9 Å². The van der Waals surface area contributed by atoms with Crippen LogP contribution in [0.2, 0.25) is 0 Å². The number of benzene rings is 1. The minimum atomic E-state index is -0.984. The number of carbonyl (C=O) groups excluding carboxylic acids is 2. The number of thiophene rings is 1. The molecule has 0 saturated heterocycles. The predicted molar refractivity (Wildman–Crippen MR) is 95.6 cm³/mol. The number of hydrogen-bond donors (Lipinski definition) is 2. The number of thioether (sulfide) groups is 1. The van der Waals surface area contributed by atoms with E-state index >= 15 is 0 Å². The molecule has 0 spiro atoms. The van der Waals surface area contributed by atoms with Crippen LogP contribution in [0.3, 0.4) is 0 Å². The number of esters is 1. The van der Waals surface area contributed by atoms with E-state index in [1.165, 1.54) is 11.3 Å². The van der Waals surface area contributed by atoms with Gasteiger partial charge in [-0.25, -0.2) is 18.6 Å². The van der Waals surface area contributed by atoms with Crippen LogP contribution in [0.5, 0.6) is 0 Å². The van der Waals surface area contributed by atoms with E-state index in [0.29, 0.717) is 21.2 Å². The molecule has 0 unspecified atom stereocenters. The molecule has 1 amide bonds. The molecular weight excluding hydrogens is 384 g/mol. The summed E-state index contributed by atoms with van der Waals surface area (Å²) in [6, 6.07) is 3.58. The van der Waals surface area contributed by atoms with Crippen LogP contribution in [-0.2, 0) is 9.53 Å². The number of aromatic nitrogens is 2. The van der Waals surface area contributed by atoms with Crippen LogP contribution in [0, 0.1) is 11.6 Å². The lowest BCUT2D eigenvalue weighted by Gasteiger charge is -2.05. The average Bonchev–Trinajstić information content (AvgIpc) is 3.20. The maximum atomic E-state index is 13.2. The summed E-state index contributed by atoms with van der Waals surface area (Å²) in [7, 11) is 0. The molecule has 0 fully saturated rings. The Morgan fingerprint density at radius 1 is 1.35 bits per heavy atom. The van der Waals surface area contributed by atoms with Gasteiger partial charge in [-0.15, -0.1) is 11.3 Å². The highest BCUT2D eigenvalue weighted by Gasteiger charge is 2.16. The SMILES string of the molecule is CCOC(=O)c1ccsc1NC(=O)CSc1nc2cc(F)c(F)cc2[nH]1. The van der Waals surface area contributed by atoms with Gasteiger partial charge in [0.2, 0.25) is 5.91 Å². The lowest BCUT2D eigenvalue weighted by molar-refractivity contribution is -0.113. The molecule has 0 aliphatic carbocycles. The summed E-state index contributed by atoms with van der Waals surface area (Å²) in [6.45, 7) is 1.94. The molecule has 2 heterocycles. The van der Waals surface area contributed by atoms with Crippen molar-refractivity contribution in [3.63, 3.8) is 0 Å². The van der Waals surface area contributed by atoms with Crippen molar-refractivity contribution in [1.29, 1.82) is 0 Å². The Labute approximate surface area is 155 Å². The second-order valence-corrected chi connectivity index (χ2v) is 6.93. The summed E-state index contributed by atoms with van der Waals surface area (Å²) >= 11 is 2.29. The Morgan fingerprint density at radius 3 is 2.88 bits per heavy atom. The van der Waals surface area contributed by atoms with Crippen molar-refractivity contribution >= 4 is 51.0 Å². The molecule has 136 valence electrons. The molecule has 0 atom stereocenters. The fraction of sp³-hybridized carbons (Fsp3) is 0.188. The zero-order valence-corrected chi connectivity index (χ0v) is 15.1. The number of ether oxygens (including phenoxy) is 1. The standard InChI is InChI=1S/C16H13F2N3O3S2/c1-2-24-15(23)8-3-4-25-14(8)21-13(22)7-26-16-19-11-5-9(17)10(18)6-12(11)20-16/h3-6H,2,7H2,1H3,(H,19,20)(H,21,22). The number of imidazole rings is 1. The van der Waals surface area contributed by atoms with Gasteiger partial charge in [-0.3, -0.25) is 4.79 Å². The molecule has 1 aromatic carbocycles.